The number of hydrogen-bond donors (Lipinski definition) is 1. The van der Waals surface area contributed by atoms with Crippen LogP contribution in [0.2, 0.25) is 0 Å². The van der Waals surface area contributed by atoms with Gasteiger partial charge in [-0.3, -0.25) is 14.4 Å². The van der Waals surface area contributed by atoms with Crippen LogP contribution in [0.15, 0.2) is 36.4 Å². The number of sulfone groups is 1. The Labute approximate surface area is 186 Å². The van der Waals surface area contributed by atoms with Crippen molar-refractivity contribution >= 4 is 33.0 Å². The van der Waals surface area contributed by atoms with Crippen molar-refractivity contribution in [2.24, 2.45) is 5.92 Å². The number of anilines is 1. The van der Waals surface area contributed by atoms with Gasteiger partial charge in [0.15, 0.2) is 23.1 Å². The van der Waals surface area contributed by atoms with E-state index >= 15 is 0 Å². The molecule has 2 aromatic carbocycles. The highest BCUT2D eigenvalue weighted by molar-refractivity contribution is 7.90. The van der Waals surface area contributed by atoms with Gasteiger partial charge >= 0.3 is 0 Å². The zero-order valence-corrected chi connectivity index (χ0v) is 19.1. The summed E-state index contributed by atoms with van der Waals surface area (Å²) in [6, 6.07) is 9.49. The number of ether oxygens (including phenoxy) is 2. The lowest BCUT2D eigenvalue weighted by atomic mass is 9.84. The molecule has 0 fully saturated rings. The lowest BCUT2D eigenvalue weighted by Crippen LogP contribution is -2.29. The molecule has 8 nitrogen and oxygen atoms in total. The van der Waals surface area contributed by atoms with E-state index in [1.807, 2.05) is 0 Å². The Morgan fingerprint density at radius 3 is 2.44 bits per heavy atom. The van der Waals surface area contributed by atoms with Gasteiger partial charge in [-0.1, -0.05) is 18.2 Å². The van der Waals surface area contributed by atoms with Gasteiger partial charge in [0.2, 0.25) is 5.91 Å². The number of hydrogen-bond acceptors (Lipinski definition) is 7. The number of carbonyl (C=O) groups is 3. The molecule has 2 atom stereocenters. The summed E-state index contributed by atoms with van der Waals surface area (Å²) >= 11 is 0. The summed E-state index contributed by atoms with van der Waals surface area (Å²) in [6.07, 6.45) is 1.06. The maximum atomic E-state index is 13.4. The minimum atomic E-state index is -3.56. The molecule has 0 radical (unpaired) electrons. The molecule has 1 N–H and O–H groups in total. The number of amides is 1. The van der Waals surface area contributed by atoms with Crippen molar-refractivity contribution in [3.8, 4) is 11.5 Å². The van der Waals surface area contributed by atoms with Gasteiger partial charge in [-0.2, -0.15) is 0 Å². The standard InChI is InChI=1S/C23H25NO7S/c1-5-31-19-11-14(9-10-18(19)30-3)16(12-32(4,28)29)21-22(26)15-7-6-8-17(24-13(2)25)20(15)23(21)27/h6-11,16,21H,5,12H2,1-4H3,(H,24,25). The molecule has 0 aliphatic heterocycles. The van der Waals surface area contributed by atoms with Crippen LogP contribution >= 0.6 is 0 Å². The first kappa shape index (κ1) is 23.5. The first-order chi connectivity index (χ1) is 15.1. The number of ketones is 2. The number of nitrogens with one attached hydrogen (secondary N) is 1. The van der Waals surface area contributed by atoms with Crippen LogP contribution in [0.25, 0.3) is 0 Å². The lowest BCUT2D eigenvalue weighted by Gasteiger charge is -2.22. The number of fused-ring (bicyclic) bond motifs is 1. The van der Waals surface area contributed by atoms with E-state index in [1.54, 1.807) is 37.3 Å². The fourth-order valence-corrected chi connectivity index (χ4v) is 5.07. The molecular formula is C23H25NO7S. The van der Waals surface area contributed by atoms with Crippen molar-refractivity contribution in [1.29, 1.82) is 0 Å². The molecule has 2 aromatic rings. The van der Waals surface area contributed by atoms with E-state index in [4.69, 9.17) is 9.47 Å². The van der Waals surface area contributed by atoms with Crippen molar-refractivity contribution in [1.82, 2.24) is 0 Å². The molecule has 170 valence electrons. The molecule has 0 saturated heterocycles. The number of benzene rings is 2. The zero-order valence-electron chi connectivity index (χ0n) is 18.3. The number of rotatable bonds is 8. The highest BCUT2D eigenvalue weighted by Crippen LogP contribution is 2.42. The van der Waals surface area contributed by atoms with Crippen LogP contribution in [-0.2, 0) is 14.6 Å². The van der Waals surface area contributed by atoms with E-state index in [1.165, 1.54) is 20.1 Å². The fourth-order valence-electron chi connectivity index (χ4n) is 4.03. The predicted octanol–water partition coefficient (Wildman–Crippen LogP) is 2.88. The third-order valence-electron chi connectivity index (χ3n) is 5.25. The van der Waals surface area contributed by atoms with Crippen LogP contribution in [0.4, 0.5) is 5.69 Å². The Morgan fingerprint density at radius 1 is 1.12 bits per heavy atom. The number of methoxy groups -OCH3 is 1. The predicted molar refractivity (Wildman–Crippen MR) is 120 cm³/mol. The van der Waals surface area contributed by atoms with Gasteiger partial charge in [0.25, 0.3) is 0 Å². The minimum absolute atomic E-state index is 0.106. The summed E-state index contributed by atoms with van der Waals surface area (Å²) in [5, 5.41) is 2.58. The average molecular weight is 460 g/mol. The second-order valence-electron chi connectivity index (χ2n) is 7.66. The van der Waals surface area contributed by atoms with E-state index in [-0.39, 0.29) is 22.7 Å². The van der Waals surface area contributed by atoms with Crippen LogP contribution in [0, 0.1) is 5.92 Å². The summed E-state index contributed by atoms with van der Waals surface area (Å²) in [7, 11) is -2.08. The van der Waals surface area contributed by atoms with Crippen molar-refractivity contribution in [2.75, 3.05) is 31.0 Å². The van der Waals surface area contributed by atoms with Crippen molar-refractivity contribution < 1.29 is 32.3 Å². The third-order valence-corrected chi connectivity index (χ3v) is 6.22. The van der Waals surface area contributed by atoms with E-state index in [2.05, 4.69) is 5.32 Å². The van der Waals surface area contributed by atoms with Crippen LogP contribution in [0.5, 0.6) is 11.5 Å². The van der Waals surface area contributed by atoms with E-state index in [0.29, 0.717) is 23.7 Å². The summed E-state index contributed by atoms with van der Waals surface area (Å²) in [5.74, 6) is -3.11. The summed E-state index contributed by atoms with van der Waals surface area (Å²) in [6.45, 7) is 3.45. The second kappa shape index (κ2) is 9.12. The molecular weight excluding hydrogens is 434 g/mol. The van der Waals surface area contributed by atoms with Gasteiger partial charge in [-0.25, -0.2) is 8.42 Å². The Hall–Kier alpha value is -3.20. The molecule has 32 heavy (non-hydrogen) atoms. The number of carbonyl (C=O) groups excluding carboxylic acids is 3. The Morgan fingerprint density at radius 2 is 1.84 bits per heavy atom. The highest BCUT2D eigenvalue weighted by Gasteiger charge is 2.46. The smallest absolute Gasteiger partial charge is 0.221 e. The van der Waals surface area contributed by atoms with Crippen molar-refractivity contribution in [2.45, 2.75) is 19.8 Å². The van der Waals surface area contributed by atoms with Gasteiger partial charge in [-0.05, 0) is 30.7 Å². The monoisotopic (exact) mass is 459 g/mol. The minimum Gasteiger partial charge on any atom is -0.493 e. The molecule has 9 heteroatoms. The molecule has 2 unspecified atom stereocenters. The molecule has 1 aliphatic carbocycles. The largest absolute Gasteiger partial charge is 0.493 e. The third kappa shape index (κ3) is 4.67. The van der Waals surface area contributed by atoms with Crippen molar-refractivity contribution in [3.63, 3.8) is 0 Å². The van der Waals surface area contributed by atoms with Crippen LogP contribution in [0.1, 0.15) is 46.0 Å². The maximum Gasteiger partial charge on any atom is 0.221 e. The summed E-state index contributed by atoms with van der Waals surface area (Å²) in [5.41, 5.74) is 0.983. The van der Waals surface area contributed by atoms with Gasteiger partial charge < -0.3 is 14.8 Å². The molecule has 0 spiro atoms. The number of Topliss-reactive ketones (excluding diaryl/α,β-unsaturated/α-hetero) is 2. The lowest BCUT2D eigenvalue weighted by molar-refractivity contribution is -0.114. The molecule has 3 rings (SSSR count). The second-order valence-corrected chi connectivity index (χ2v) is 9.84. The van der Waals surface area contributed by atoms with Crippen LogP contribution in [0.3, 0.4) is 0 Å². The Bertz CT molecular complexity index is 1190. The fraction of sp³-hybridized carbons (Fsp3) is 0.348. The van der Waals surface area contributed by atoms with Crippen LogP contribution in [-0.4, -0.2) is 51.6 Å². The molecule has 0 saturated carbocycles. The van der Waals surface area contributed by atoms with Gasteiger partial charge in [0.05, 0.1) is 36.6 Å². The normalized spacial score (nSPS) is 16.4. The first-order valence-corrected chi connectivity index (χ1v) is 12.1. The summed E-state index contributed by atoms with van der Waals surface area (Å²) in [4.78, 5) is 38.3. The van der Waals surface area contributed by atoms with Gasteiger partial charge in [-0.15, -0.1) is 0 Å². The topological polar surface area (TPSA) is 116 Å². The SMILES string of the molecule is CCOc1cc(C(CS(C)(=O)=O)C2C(=O)c3cccc(NC(C)=O)c3C2=O)ccc1OC. The van der Waals surface area contributed by atoms with Gasteiger partial charge in [0.1, 0.15) is 9.84 Å². The quantitative estimate of drug-likeness (QED) is 0.604. The average Bonchev–Trinajstić information content (AvgIpc) is 2.96. The molecule has 1 amide bonds. The highest BCUT2D eigenvalue weighted by atomic mass is 32.2. The summed E-state index contributed by atoms with van der Waals surface area (Å²) < 4.78 is 35.4. The molecule has 0 aromatic heterocycles. The van der Waals surface area contributed by atoms with Gasteiger partial charge in [0, 0.05) is 24.7 Å². The van der Waals surface area contributed by atoms with E-state index in [9.17, 15) is 22.8 Å². The van der Waals surface area contributed by atoms with Crippen LogP contribution < -0.4 is 14.8 Å². The molecule has 0 heterocycles. The van der Waals surface area contributed by atoms with E-state index in [0.717, 1.165) is 6.26 Å². The Balaban J connectivity index is 2.13. The Kier molecular flexibility index (Phi) is 6.68. The van der Waals surface area contributed by atoms with E-state index < -0.39 is 39.0 Å². The molecule has 1 aliphatic rings. The first-order valence-electron chi connectivity index (χ1n) is 10.0. The zero-order chi connectivity index (χ0) is 23.6. The van der Waals surface area contributed by atoms with Crippen molar-refractivity contribution in [3.05, 3.63) is 53.1 Å². The maximum absolute atomic E-state index is 13.4. The molecule has 0 bridgehead atoms.